The number of rotatable bonds is 8. The van der Waals surface area contributed by atoms with Crippen molar-refractivity contribution in [1.29, 1.82) is 0 Å². The van der Waals surface area contributed by atoms with Gasteiger partial charge in [0, 0.05) is 18.7 Å². The van der Waals surface area contributed by atoms with Crippen LogP contribution in [0.25, 0.3) is 0 Å². The van der Waals surface area contributed by atoms with Crippen LogP contribution in [0.2, 0.25) is 0 Å². The smallest absolute Gasteiger partial charge is 0.251 e. The second-order valence-electron chi connectivity index (χ2n) is 7.10. The van der Waals surface area contributed by atoms with Gasteiger partial charge in [0.15, 0.2) is 0 Å². The second-order valence-corrected chi connectivity index (χ2v) is 7.10. The molecule has 8 nitrogen and oxygen atoms in total. The van der Waals surface area contributed by atoms with Gasteiger partial charge in [0.1, 0.15) is 24.1 Å². The summed E-state index contributed by atoms with van der Waals surface area (Å²) in [6.45, 7) is 0.348. The summed E-state index contributed by atoms with van der Waals surface area (Å²) in [5.41, 5.74) is 1.39. The first-order valence-corrected chi connectivity index (χ1v) is 9.72. The number of carbonyl (C=O) groups is 2. The van der Waals surface area contributed by atoms with Gasteiger partial charge in [-0.05, 0) is 29.8 Å². The molecule has 0 spiro atoms. The Bertz CT molecular complexity index is 842. The minimum Gasteiger partial charge on any atom is -0.497 e. The minimum atomic E-state index is -1.21. The molecule has 8 heteroatoms. The summed E-state index contributed by atoms with van der Waals surface area (Å²) in [5.74, 6) is 0.115. The molecule has 2 aromatic carbocycles. The van der Waals surface area contributed by atoms with Crippen LogP contribution >= 0.6 is 0 Å². The van der Waals surface area contributed by atoms with Crippen LogP contribution in [0.5, 0.6) is 5.75 Å². The molecule has 0 aromatic heterocycles. The van der Waals surface area contributed by atoms with Gasteiger partial charge in [-0.3, -0.25) is 9.59 Å². The number of methoxy groups -OCH3 is 1. The molecule has 4 N–H and O–H groups in total. The molecule has 0 saturated carbocycles. The van der Waals surface area contributed by atoms with Crippen LogP contribution in [0.4, 0.5) is 0 Å². The molecule has 1 heterocycles. The van der Waals surface area contributed by atoms with E-state index in [9.17, 15) is 19.8 Å². The van der Waals surface area contributed by atoms with E-state index in [1.165, 1.54) is 0 Å². The maximum atomic E-state index is 12.2. The molecular formula is C22H26N2O6. The van der Waals surface area contributed by atoms with Gasteiger partial charge < -0.3 is 30.3 Å². The van der Waals surface area contributed by atoms with Crippen LogP contribution in [-0.2, 0) is 16.1 Å². The first-order valence-electron chi connectivity index (χ1n) is 9.72. The maximum Gasteiger partial charge on any atom is 0.251 e. The molecule has 0 radical (unpaired) electrons. The van der Waals surface area contributed by atoms with Crippen molar-refractivity contribution in [3.05, 3.63) is 65.7 Å². The van der Waals surface area contributed by atoms with E-state index in [-0.39, 0.29) is 24.8 Å². The van der Waals surface area contributed by atoms with E-state index in [4.69, 9.17) is 9.47 Å². The standard InChI is InChI=1S/C22H26N2O6/c1-29-16-9-7-14(8-10-16)12-23-19(25)11-17-20(26)21(27)18(30-17)13-24-22(28)15-5-3-2-4-6-15/h2-10,17-18,20-21,26-27H,11-13H2,1H3,(H,23,25)(H,24,28)/t17-,18+,20-,21+/m0/s1. The fraction of sp³-hybridized carbons (Fsp3) is 0.364. The topological polar surface area (TPSA) is 117 Å². The Labute approximate surface area is 174 Å². The molecule has 0 bridgehead atoms. The Kier molecular flexibility index (Phi) is 7.40. The Morgan fingerprint density at radius 3 is 2.30 bits per heavy atom. The lowest BCUT2D eigenvalue weighted by Gasteiger charge is -2.15. The molecule has 160 valence electrons. The van der Waals surface area contributed by atoms with Gasteiger partial charge in [-0.1, -0.05) is 30.3 Å². The number of carbonyl (C=O) groups excluding carboxylic acids is 2. The number of benzene rings is 2. The van der Waals surface area contributed by atoms with E-state index in [2.05, 4.69) is 10.6 Å². The molecule has 1 saturated heterocycles. The maximum absolute atomic E-state index is 12.2. The summed E-state index contributed by atoms with van der Waals surface area (Å²) in [6, 6.07) is 15.9. The number of amides is 2. The molecule has 4 atom stereocenters. The van der Waals surface area contributed by atoms with Crippen molar-refractivity contribution >= 4 is 11.8 Å². The summed E-state index contributed by atoms with van der Waals surface area (Å²) >= 11 is 0. The highest BCUT2D eigenvalue weighted by Crippen LogP contribution is 2.23. The first kappa shape index (κ1) is 21.8. The third-order valence-corrected chi connectivity index (χ3v) is 5.00. The molecular weight excluding hydrogens is 388 g/mol. The van der Waals surface area contributed by atoms with Crippen LogP contribution in [0.15, 0.2) is 54.6 Å². The lowest BCUT2D eigenvalue weighted by atomic mass is 10.1. The highest BCUT2D eigenvalue weighted by Gasteiger charge is 2.43. The normalized spacial score (nSPS) is 23.0. The molecule has 0 aliphatic carbocycles. The summed E-state index contributed by atoms with van der Waals surface area (Å²) < 4.78 is 10.7. The molecule has 3 rings (SSSR count). The predicted octanol–water partition coefficient (Wildman–Crippen LogP) is 0.621. The van der Waals surface area contributed by atoms with Gasteiger partial charge in [0.2, 0.25) is 5.91 Å². The van der Waals surface area contributed by atoms with Gasteiger partial charge in [0.25, 0.3) is 5.91 Å². The van der Waals surface area contributed by atoms with Crippen molar-refractivity contribution in [2.75, 3.05) is 13.7 Å². The van der Waals surface area contributed by atoms with Crippen molar-refractivity contribution in [3.63, 3.8) is 0 Å². The molecule has 2 amide bonds. The summed E-state index contributed by atoms with van der Waals surface area (Å²) in [7, 11) is 1.58. The van der Waals surface area contributed by atoms with Crippen molar-refractivity contribution in [3.8, 4) is 5.75 Å². The molecule has 1 aliphatic heterocycles. The first-order chi connectivity index (χ1) is 14.5. The Hall–Kier alpha value is -2.94. The van der Waals surface area contributed by atoms with E-state index in [0.717, 1.165) is 11.3 Å². The van der Waals surface area contributed by atoms with E-state index in [1.807, 2.05) is 12.1 Å². The lowest BCUT2D eigenvalue weighted by molar-refractivity contribution is -0.125. The average Bonchev–Trinajstić information content (AvgIpc) is 3.04. The highest BCUT2D eigenvalue weighted by atomic mass is 16.5. The van der Waals surface area contributed by atoms with Gasteiger partial charge in [-0.2, -0.15) is 0 Å². The van der Waals surface area contributed by atoms with Gasteiger partial charge in [0.05, 0.1) is 19.6 Å². The minimum absolute atomic E-state index is 0.0237. The molecule has 30 heavy (non-hydrogen) atoms. The zero-order valence-corrected chi connectivity index (χ0v) is 16.7. The van der Waals surface area contributed by atoms with Crippen LogP contribution in [0.1, 0.15) is 22.3 Å². The Balaban J connectivity index is 1.45. The van der Waals surface area contributed by atoms with Gasteiger partial charge in [-0.25, -0.2) is 0 Å². The summed E-state index contributed by atoms with van der Waals surface area (Å²) in [5, 5.41) is 25.9. The molecule has 0 unspecified atom stereocenters. The molecule has 1 fully saturated rings. The van der Waals surface area contributed by atoms with E-state index >= 15 is 0 Å². The zero-order valence-electron chi connectivity index (χ0n) is 16.7. The number of nitrogens with one attached hydrogen (secondary N) is 2. The van der Waals surface area contributed by atoms with Crippen molar-refractivity contribution < 1.29 is 29.3 Å². The van der Waals surface area contributed by atoms with Gasteiger partial charge >= 0.3 is 0 Å². The van der Waals surface area contributed by atoms with Crippen LogP contribution < -0.4 is 15.4 Å². The molecule has 2 aromatic rings. The van der Waals surface area contributed by atoms with E-state index in [0.29, 0.717) is 12.1 Å². The highest BCUT2D eigenvalue weighted by molar-refractivity contribution is 5.94. The summed E-state index contributed by atoms with van der Waals surface area (Å²) in [6.07, 6.45) is -4.16. The Morgan fingerprint density at radius 1 is 0.967 bits per heavy atom. The second kappa shape index (κ2) is 10.2. The summed E-state index contributed by atoms with van der Waals surface area (Å²) in [4.78, 5) is 24.4. The third-order valence-electron chi connectivity index (χ3n) is 5.00. The fourth-order valence-electron chi connectivity index (χ4n) is 3.25. The van der Waals surface area contributed by atoms with E-state index in [1.54, 1.807) is 49.6 Å². The monoisotopic (exact) mass is 414 g/mol. The predicted molar refractivity (Wildman–Crippen MR) is 109 cm³/mol. The SMILES string of the molecule is COc1ccc(CNC(=O)C[C@@H]2O[C@H](CNC(=O)c3ccccc3)[C@@H](O)[C@H]2O)cc1. The quantitative estimate of drug-likeness (QED) is 0.503. The van der Waals surface area contributed by atoms with Crippen LogP contribution in [0.3, 0.4) is 0 Å². The number of aliphatic hydroxyl groups excluding tert-OH is 2. The third kappa shape index (κ3) is 5.56. The van der Waals surface area contributed by atoms with Crippen LogP contribution in [0, 0.1) is 0 Å². The zero-order chi connectivity index (χ0) is 21.5. The molecule has 1 aliphatic rings. The van der Waals surface area contributed by atoms with E-state index < -0.39 is 24.4 Å². The number of hydrogen-bond acceptors (Lipinski definition) is 6. The van der Waals surface area contributed by atoms with Crippen molar-refractivity contribution in [2.45, 2.75) is 37.4 Å². The largest absolute Gasteiger partial charge is 0.497 e. The number of hydrogen-bond donors (Lipinski definition) is 4. The fourth-order valence-corrected chi connectivity index (χ4v) is 3.25. The average molecular weight is 414 g/mol. The number of ether oxygens (including phenoxy) is 2. The Morgan fingerprint density at radius 2 is 1.63 bits per heavy atom. The number of aliphatic hydroxyl groups is 2. The lowest BCUT2D eigenvalue weighted by Crippen LogP contribution is -2.40. The van der Waals surface area contributed by atoms with Crippen molar-refractivity contribution in [2.24, 2.45) is 0 Å². The van der Waals surface area contributed by atoms with Gasteiger partial charge in [-0.15, -0.1) is 0 Å². The van der Waals surface area contributed by atoms with Crippen molar-refractivity contribution in [1.82, 2.24) is 10.6 Å². The van der Waals surface area contributed by atoms with Crippen LogP contribution in [-0.4, -0.2) is 60.1 Å².